The Labute approximate surface area is 162 Å². The fraction of sp³-hybridized carbons (Fsp3) is 0.211. The second kappa shape index (κ2) is 8.21. The number of hydrogen-bond donors (Lipinski definition) is 0. The summed E-state index contributed by atoms with van der Waals surface area (Å²) in [6.45, 7) is 0.722. The van der Waals surface area contributed by atoms with Crippen LogP contribution in [0.4, 0.5) is 4.39 Å². The van der Waals surface area contributed by atoms with Crippen molar-refractivity contribution in [3.63, 3.8) is 0 Å². The van der Waals surface area contributed by atoms with Gasteiger partial charge in [0, 0.05) is 37.3 Å². The van der Waals surface area contributed by atoms with Crippen LogP contribution < -0.4 is 0 Å². The van der Waals surface area contributed by atoms with Crippen LogP contribution in [0, 0.1) is 5.82 Å². The SMILES string of the molecule is O=C(/C=C/c1cccc(Cl)c1)N1CCN(S(=O)(=O)c2ccccc2F)CC1. The summed E-state index contributed by atoms with van der Waals surface area (Å²) in [5, 5.41) is 0.580. The molecule has 1 heterocycles. The fourth-order valence-electron chi connectivity index (χ4n) is 2.83. The number of piperazine rings is 1. The van der Waals surface area contributed by atoms with Gasteiger partial charge >= 0.3 is 0 Å². The minimum absolute atomic E-state index is 0.118. The third-order valence-electron chi connectivity index (χ3n) is 4.27. The Balaban J connectivity index is 1.63. The first kappa shape index (κ1) is 19.5. The minimum Gasteiger partial charge on any atom is -0.337 e. The van der Waals surface area contributed by atoms with Gasteiger partial charge < -0.3 is 4.90 Å². The summed E-state index contributed by atoms with van der Waals surface area (Å²) in [5.41, 5.74) is 0.802. The predicted molar refractivity (Wildman–Crippen MR) is 102 cm³/mol. The summed E-state index contributed by atoms with van der Waals surface area (Å²) >= 11 is 5.91. The number of halogens is 2. The fourth-order valence-corrected chi connectivity index (χ4v) is 4.51. The van der Waals surface area contributed by atoms with Crippen molar-refractivity contribution < 1.29 is 17.6 Å². The Kier molecular flexibility index (Phi) is 5.94. The average molecular weight is 409 g/mol. The van der Waals surface area contributed by atoms with Gasteiger partial charge in [0.1, 0.15) is 10.7 Å². The van der Waals surface area contributed by atoms with Gasteiger partial charge in [-0.15, -0.1) is 0 Å². The zero-order valence-corrected chi connectivity index (χ0v) is 16.0. The number of rotatable bonds is 4. The number of amides is 1. The molecule has 1 aliphatic rings. The molecular formula is C19H18ClFN2O3S. The lowest BCUT2D eigenvalue weighted by Crippen LogP contribution is -2.50. The topological polar surface area (TPSA) is 57.7 Å². The van der Waals surface area contributed by atoms with Crippen LogP contribution in [0.2, 0.25) is 5.02 Å². The van der Waals surface area contributed by atoms with Crippen molar-refractivity contribution in [3.05, 3.63) is 71.0 Å². The van der Waals surface area contributed by atoms with Gasteiger partial charge in [-0.25, -0.2) is 12.8 Å². The first-order chi connectivity index (χ1) is 12.9. The molecule has 2 aromatic carbocycles. The molecule has 2 aromatic rings. The maximum atomic E-state index is 13.8. The molecule has 0 radical (unpaired) electrons. The van der Waals surface area contributed by atoms with Crippen molar-refractivity contribution in [2.45, 2.75) is 4.90 Å². The first-order valence-electron chi connectivity index (χ1n) is 8.35. The first-order valence-corrected chi connectivity index (χ1v) is 10.2. The lowest BCUT2D eigenvalue weighted by molar-refractivity contribution is -0.127. The van der Waals surface area contributed by atoms with Gasteiger partial charge in [-0.2, -0.15) is 4.31 Å². The molecular weight excluding hydrogens is 391 g/mol. The van der Waals surface area contributed by atoms with E-state index < -0.39 is 15.8 Å². The summed E-state index contributed by atoms with van der Waals surface area (Å²) in [6, 6.07) is 12.4. The van der Waals surface area contributed by atoms with Gasteiger partial charge in [-0.1, -0.05) is 35.9 Å². The predicted octanol–water partition coefficient (Wildman–Crippen LogP) is 3.03. The lowest BCUT2D eigenvalue weighted by Gasteiger charge is -2.33. The molecule has 0 aromatic heterocycles. The van der Waals surface area contributed by atoms with Crippen molar-refractivity contribution in [3.8, 4) is 0 Å². The van der Waals surface area contributed by atoms with Gasteiger partial charge in [-0.05, 0) is 35.9 Å². The van der Waals surface area contributed by atoms with Crippen LogP contribution in [0.25, 0.3) is 6.08 Å². The number of nitrogens with zero attached hydrogens (tertiary/aromatic N) is 2. The monoisotopic (exact) mass is 408 g/mol. The van der Waals surface area contributed by atoms with E-state index in [2.05, 4.69) is 0 Å². The third kappa shape index (κ3) is 4.55. The van der Waals surface area contributed by atoms with E-state index in [4.69, 9.17) is 11.6 Å². The molecule has 0 unspecified atom stereocenters. The van der Waals surface area contributed by atoms with Crippen molar-refractivity contribution in [2.75, 3.05) is 26.2 Å². The molecule has 0 spiro atoms. The van der Waals surface area contributed by atoms with Crippen molar-refractivity contribution >= 4 is 33.6 Å². The molecule has 0 bridgehead atoms. The molecule has 0 saturated carbocycles. The molecule has 0 aliphatic carbocycles. The summed E-state index contributed by atoms with van der Waals surface area (Å²) in [5.74, 6) is -0.988. The molecule has 5 nitrogen and oxygen atoms in total. The average Bonchev–Trinajstić information content (AvgIpc) is 2.66. The van der Waals surface area contributed by atoms with E-state index in [0.717, 1.165) is 11.6 Å². The summed E-state index contributed by atoms with van der Waals surface area (Å²) in [6.07, 6.45) is 3.10. The van der Waals surface area contributed by atoms with Crippen molar-refractivity contribution in [1.82, 2.24) is 9.21 Å². The molecule has 8 heteroatoms. The largest absolute Gasteiger partial charge is 0.337 e. The van der Waals surface area contributed by atoms with Gasteiger partial charge in [0.25, 0.3) is 0 Å². The number of carbonyl (C=O) groups excluding carboxylic acids is 1. The molecule has 0 atom stereocenters. The standard InChI is InChI=1S/C19H18ClFN2O3S/c20-16-5-3-4-15(14-16)8-9-19(24)22-10-12-23(13-11-22)27(25,26)18-7-2-1-6-17(18)21/h1-9,14H,10-13H2/b9-8+. The van der Waals surface area contributed by atoms with E-state index in [1.807, 2.05) is 6.07 Å². The highest BCUT2D eigenvalue weighted by Crippen LogP contribution is 2.20. The van der Waals surface area contributed by atoms with E-state index in [-0.39, 0.29) is 37.0 Å². The normalized spacial score (nSPS) is 16.0. The Hall–Kier alpha value is -2.22. The van der Waals surface area contributed by atoms with Crippen LogP contribution >= 0.6 is 11.6 Å². The zero-order valence-electron chi connectivity index (χ0n) is 14.4. The second-order valence-electron chi connectivity index (χ2n) is 6.05. The van der Waals surface area contributed by atoms with Crippen LogP contribution in [0.3, 0.4) is 0 Å². The van der Waals surface area contributed by atoms with Crippen LogP contribution in [0.5, 0.6) is 0 Å². The number of hydrogen-bond acceptors (Lipinski definition) is 3. The zero-order chi connectivity index (χ0) is 19.4. The Morgan fingerprint density at radius 2 is 1.74 bits per heavy atom. The van der Waals surface area contributed by atoms with Crippen LogP contribution in [0.1, 0.15) is 5.56 Å². The smallest absolute Gasteiger partial charge is 0.246 e. The van der Waals surface area contributed by atoms with E-state index in [9.17, 15) is 17.6 Å². The highest BCUT2D eigenvalue weighted by molar-refractivity contribution is 7.89. The highest BCUT2D eigenvalue weighted by Gasteiger charge is 2.31. The molecule has 1 fully saturated rings. The van der Waals surface area contributed by atoms with Crippen molar-refractivity contribution in [2.24, 2.45) is 0 Å². The number of sulfonamides is 1. The van der Waals surface area contributed by atoms with Gasteiger partial charge in [0.05, 0.1) is 0 Å². The maximum absolute atomic E-state index is 13.8. The molecule has 142 valence electrons. The molecule has 1 saturated heterocycles. The summed E-state index contributed by atoms with van der Waals surface area (Å²) in [4.78, 5) is 13.5. The van der Waals surface area contributed by atoms with Gasteiger partial charge in [-0.3, -0.25) is 4.79 Å². The second-order valence-corrected chi connectivity index (χ2v) is 8.39. The van der Waals surface area contributed by atoms with E-state index in [1.165, 1.54) is 28.6 Å². The summed E-state index contributed by atoms with van der Waals surface area (Å²) < 4.78 is 40.2. The molecule has 0 N–H and O–H groups in total. The molecule has 3 rings (SSSR count). The lowest BCUT2D eigenvalue weighted by atomic mass is 10.2. The summed E-state index contributed by atoms with van der Waals surface area (Å²) in [7, 11) is -3.91. The number of benzene rings is 2. The molecule has 27 heavy (non-hydrogen) atoms. The highest BCUT2D eigenvalue weighted by atomic mass is 35.5. The third-order valence-corrected chi connectivity index (χ3v) is 6.44. The van der Waals surface area contributed by atoms with Crippen LogP contribution in [-0.2, 0) is 14.8 Å². The van der Waals surface area contributed by atoms with Gasteiger partial charge in [0.2, 0.25) is 15.9 Å². The maximum Gasteiger partial charge on any atom is 0.246 e. The van der Waals surface area contributed by atoms with E-state index in [0.29, 0.717) is 5.02 Å². The quantitative estimate of drug-likeness (QED) is 0.731. The van der Waals surface area contributed by atoms with Crippen molar-refractivity contribution in [1.29, 1.82) is 0 Å². The minimum atomic E-state index is -3.91. The Bertz CT molecular complexity index is 970. The van der Waals surface area contributed by atoms with Crippen LogP contribution in [-0.4, -0.2) is 49.7 Å². The van der Waals surface area contributed by atoms with Gasteiger partial charge in [0.15, 0.2) is 0 Å². The Morgan fingerprint density at radius 3 is 2.41 bits per heavy atom. The van der Waals surface area contributed by atoms with E-state index in [1.54, 1.807) is 29.2 Å². The molecule has 1 amide bonds. The number of carbonyl (C=O) groups is 1. The Morgan fingerprint density at radius 1 is 1.04 bits per heavy atom. The van der Waals surface area contributed by atoms with E-state index >= 15 is 0 Å². The van der Waals surface area contributed by atoms with Crippen LogP contribution in [0.15, 0.2) is 59.5 Å². The molecule has 1 aliphatic heterocycles.